The highest BCUT2D eigenvalue weighted by molar-refractivity contribution is 5.96. The quantitative estimate of drug-likeness (QED) is 0.797. The van der Waals surface area contributed by atoms with Crippen molar-refractivity contribution in [3.8, 4) is 0 Å². The molecule has 0 fully saturated rings. The van der Waals surface area contributed by atoms with Crippen molar-refractivity contribution >= 4 is 11.5 Å². The summed E-state index contributed by atoms with van der Waals surface area (Å²) in [5.74, 6) is 0.153. The number of likely N-dealkylation sites (N-methyl/N-ethyl adjacent to an activating group) is 1. The van der Waals surface area contributed by atoms with E-state index in [-0.39, 0.29) is 17.9 Å². The first-order chi connectivity index (χ1) is 7.92. The largest absolute Gasteiger partial charge is 0.394 e. The minimum atomic E-state index is -0.309. The Hall–Kier alpha value is -1.35. The zero-order valence-corrected chi connectivity index (χ0v) is 11.0. The Labute approximate surface area is 103 Å². The van der Waals surface area contributed by atoms with Crippen LogP contribution in [0.4, 0.5) is 5.69 Å². The Morgan fingerprint density at radius 2 is 1.82 bits per heavy atom. The van der Waals surface area contributed by atoms with Crippen molar-refractivity contribution < 1.29 is 9.90 Å². The lowest BCUT2D eigenvalue weighted by molar-refractivity contribution is 0.0988. The van der Waals surface area contributed by atoms with Crippen LogP contribution in [-0.4, -0.2) is 30.1 Å². The van der Waals surface area contributed by atoms with Gasteiger partial charge in [-0.15, -0.1) is 0 Å². The number of ketones is 1. The number of benzene rings is 1. The van der Waals surface area contributed by atoms with Gasteiger partial charge in [0.15, 0.2) is 5.78 Å². The van der Waals surface area contributed by atoms with Gasteiger partial charge >= 0.3 is 0 Å². The van der Waals surface area contributed by atoms with Gasteiger partial charge in [-0.1, -0.05) is 6.92 Å². The molecule has 3 heteroatoms. The molecular weight excluding hydrogens is 214 g/mol. The zero-order valence-electron chi connectivity index (χ0n) is 11.0. The fraction of sp³-hybridized carbons (Fsp3) is 0.500. The number of carbonyl (C=O) groups excluding carboxylic acids is 1. The maximum absolute atomic E-state index is 11.5. The number of carbonyl (C=O) groups is 1. The van der Waals surface area contributed by atoms with Crippen LogP contribution in [0.25, 0.3) is 0 Å². The second kappa shape index (κ2) is 5.32. The highest BCUT2D eigenvalue weighted by Gasteiger charge is 2.22. The molecule has 1 aromatic carbocycles. The molecule has 0 radical (unpaired) electrons. The molecular formula is C14H21NO2. The molecule has 0 saturated carbocycles. The third kappa shape index (κ3) is 3.07. The molecule has 0 aliphatic rings. The summed E-state index contributed by atoms with van der Waals surface area (Å²) in [5, 5.41) is 9.31. The lowest BCUT2D eigenvalue weighted by atomic mass is 10.0. The zero-order chi connectivity index (χ0) is 13.1. The Morgan fingerprint density at radius 1 is 1.29 bits per heavy atom. The molecule has 0 spiro atoms. The summed E-state index contributed by atoms with van der Waals surface area (Å²) in [5.41, 5.74) is 1.43. The van der Waals surface area contributed by atoms with Gasteiger partial charge in [0.25, 0.3) is 0 Å². The Kier molecular flexibility index (Phi) is 4.29. The van der Waals surface area contributed by atoms with Gasteiger partial charge in [0.05, 0.1) is 12.1 Å². The van der Waals surface area contributed by atoms with Crippen LogP contribution in [0.2, 0.25) is 0 Å². The minimum absolute atomic E-state index is 0.0825. The average molecular weight is 235 g/mol. The van der Waals surface area contributed by atoms with E-state index in [9.17, 15) is 9.90 Å². The van der Waals surface area contributed by atoms with E-state index in [1.54, 1.807) is 0 Å². The molecule has 3 nitrogen and oxygen atoms in total. The molecule has 0 aromatic heterocycles. The number of nitrogens with zero attached hydrogens (tertiary/aromatic N) is 1. The molecule has 1 aromatic rings. The van der Waals surface area contributed by atoms with Crippen LogP contribution in [0.5, 0.6) is 0 Å². The van der Waals surface area contributed by atoms with Gasteiger partial charge in [-0.25, -0.2) is 0 Å². The summed E-state index contributed by atoms with van der Waals surface area (Å²) in [7, 11) is 1.94. The van der Waals surface area contributed by atoms with Crippen LogP contribution < -0.4 is 4.90 Å². The molecule has 0 bridgehead atoms. The maximum atomic E-state index is 11.5. The molecule has 0 aliphatic heterocycles. The van der Waals surface area contributed by atoms with Crippen LogP contribution in [-0.2, 0) is 0 Å². The number of aliphatic hydroxyl groups is 1. The van der Waals surface area contributed by atoms with Crippen molar-refractivity contribution in [3.63, 3.8) is 0 Å². The number of hydrogen-bond acceptors (Lipinski definition) is 3. The molecule has 0 amide bonds. The van der Waals surface area contributed by atoms with E-state index < -0.39 is 0 Å². The van der Waals surface area contributed by atoms with E-state index in [1.165, 1.54) is 0 Å². The predicted molar refractivity (Wildman–Crippen MR) is 70.6 cm³/mol. The second-order valence-corrected chi connectivity index (χ2v) is 4.85. The number of hydrogen-bond donors (Lipinski definition) is 1. The number of rotatable bonds is 5. The molecule has 17 heavy (non-hydrogen) atoms. The second-order valence-electron chi connectivity index (χ2n) is 4.85. The standard InChI is InChI=1S/C14H21NO2/c1-5-13(17)11-6-8-12(9-7-11)15(4)14(2,3)10-16/h6-9,16H,5,10H2,1-4H3. The van der Waals surface area contributed by atoms with Crippen molar-refractivity contribution in [1.29, 1.82) is 0 Å². The number of aliphatic hydroxyl groups excluding tert-OH is 1. The fourth-order valence-electron chi connectivity index (χ4n) is 1.53. The molecule has 0 aliphatic carbocycles. The van der Waals surface area contributed by atoms with Crippen LogP contribution in [0, 0.1) is 0 Å². The summed E-state index contributed by atoms with van der Waals surface area (Å²) in [6, 6.07) is 7.51. The predicted octanol–water partition coefficient (Wildman–Crippen LogP) is 2.49. The van der Waals surface area contributed by atoms with E-state index in [1.807, 2.05) is 57.0 Å². The highest BCUT2D eigenvalue weighted by Crippen LogP contribution is 2.22. The first kappa shape index (κ1) is 13.7. The lowest BCUT2D eigenvalue weighted by Crippen LogP contribution is -2.44. The van der Waals surface area contributed by atoms with E-state index >= 15 is 0 Å². The first-order valence-corrected chi connectivity index (χ1v) is 5.90. The summed E-state index contributed by atoms with van der Waals surface area (Å²) in [6.45, 7) is 5.88. The maximum Gasteiger partial charge on any atom is 0.162 e. The highest BCUT2D eigenvalue weighted by atomic mass is 16.3. The Balaban J connectivity index is 2.91. The molecule has 0 heterocycles. The van der Waals surface area contributed by atoms with E-state index in [0.717, 1.165) is 11.3 Å². The van der Waals surface area contributed by atoms with E-state index in [2.05, 4.69) is 0 Å². The molecule has 1 N–H and O–H groups in total. The Bertz CT molecular complexity index is 382. The van der Waals surface area contributed by atoms with Gasteiger partial charge in [0.2, 0.25) is 0 Å². The van der Waals surface area contributed by atoms with E-state index in [4.69, 9.17) is 0 Å². The van der Waals surface area contributed by atoms with Crippen LogP contribution in [0.3, 0.4) is 0 Å². The van der Waals surface area contributed by atoms with Crippen molar-refractivity contribution in [1.82, 2.24) is 0 Å². The third-order valence-electron chi connectivity index (χ3n) is 3.19. The fourth-order valence-corrected chi connectivity index (χ4v) is 1.53. The van der Waals surface area contributed by atoms with Gasteiger partial charge in [-0.2, -0.15) is 0 Å². The van der Waals surface area contributed by atoms with Crippen molar-refractivity contribution in [2.75, 3.05) is 18.6 Å². The van der Waals surface area contributed by atoms with Crippen LogP contribution >= 0.6 is 0 Å². The van der Waals surface area contributed by atoms with Crippen molar-refractivity contribution in [2.24, 2.45) is 0 Å². The van der Waals surface area contributed by atoms with Crippen molar-refractivity contribution in [2.45, 2.75) is 32.7 Å². The number of Topliss-reactive ketones (excluding diaryl/α,β-unsaturated/α-hetero) is 1. The van der Waals surface area contributed by atoms with Crippen molar-refractivity contribution in [3.05, 3.63) is 29.8 Å². The smallest absolute Gasteiger partial charge is 0.162 e. The Morgan fingerprint density at radius 3 is 2.24 bits per heavy atom. The first-order valence-electron chi connectivity index (χ1n) is 5.90. The van der Waals surface area contributed by atoms with Gasteiger partial charge in [-0.05, 0) is 38.1 Å². The van der Waals surface area contributed by atoms with Gasteiger partial charge in [0, 0.05) is 24.7 Å². The van der Waals surface area contributed by atoms with Gasteiger partial charge < -0.3 is 10.0 Å². The summed E-state index contributed by atoms with van der Waals surface area (Å²) in [4.78, 5) is 13.5. The van der Waals surface area contributed by atoms with Crippen LogP contribution in [0.1, 0.15) is 37.6 Å². The summed E-state index contributed by atoms with van der Waals surface area (Å²) >= 11 is 0. The molecule has 0 unspecified atom stereocenters. The third-order valence-corrected chi connectivity index (χ3v) is 3.19. The average Bonchev–Trinajstić information content (AvgIpc) is 2.37. The molecule has 94 valence electrons. The molecule has 1 rings (SSSR count). The van der Waals surface area contributed by atoms with E-state index in [0.29, 0.717) is 6.42 Å². The summed E-state index contributed by atoms with van der Waals surface area (Å²) in [6.07, 6.45) is 0.525. The lowest BCUT2D eigenvalue weighted by Gasteiger charge is -2.35. The SMILES string of the molecule is CCC(=O)c1ccc(N(C)C(C)(C)CO)cc1. The minimum Gasteiger partial charge on any atom is -0.394 e. The molecule has 0 atom stereocenters. The monoisotopic (exact) mass is 235 g/mol. The summed E-state index contributed by atoms with van der Waals surface area (Å²) < 4.78 is 0. The van der Waals surface area contributed by atoms with Gasteiger partial charge in [-0.3, -0.25) is 4.79 Å². The van der Waals surface area contributed by atoms with Gasteiger partial charge in [0.1, 0.15) is 0 Å². The topological polar surface area (TPSA) is 40.5 Å². The van der Waals surface area contributed by atoms with Crippen LogP contribution in [0.15, 0.2) is 24.3 Å². The molecule has 0 saturated heterocycles. The number of anilines is 1. The normalized spacial score (nSPS) is 11.4.